The van der Waals surface area contributed by atoms with Crippen molar-refractivity contribution in [2.45, 2.75) is 6.92 Å². The number of benzene rings is 3. The maximum atomic E-state index is 12.3. The van der Waals surface area contributed by atoms with Crippen molar-refractivity contribution >= 4 is 29.7 Å². The average Bonchev–Trinajstić information content (AvgIpc) is 2.70. The van der Waals surface area contributed by atoms with Crippen molar-refractivity contribution in [2.75, 3.05) is 0 Å². The number of hydrogen-bond donors (Lipinski definition) is 1. The minimum Gasteiger partial charge on any atom is -0.422 e. The van der Waals surface area contributed by atoms with Gasteiger partial charge >= 0.3 is 5.97 Å². The van der Waals surface area contributed by atoms with Crippen LogP contribution >= 0.6 is 11.6 Å². The zero-order valence-corrected chi connectivity index (χ0v) is 15.8. The molecular formula is C22H17ClN2O3. The minimum atomic E-state index is -0.467. The van der Waals surface area contributed by atoms with Gasteiger partial charge < -0.3 is 4.74 Å². The summed E-state index contributed by atoms with van der Waals surface area (Å²) in [6.45, 7) is 1.94. The number of aryl methyl sites for hydroxylation is 1. The van der Waals surface area contributed by atoms with Crippen LogP contribution in [-0.4, -0.2) is 18.1 Å². The lowest BCUT2D eigenvalue weighted by molar-refractivity contribution is 0.0734. The molecule has 28 heavy (non-hydrogen) atoms. The van der Waals surface area contributed by atoms with Gasteiger partial charge in [0.15, 0.2) is 0 Å². The molecule has 0 spiro atoms. The molecule has 6 heteroatoms. The molecule has 3 aromatic carbocycles. The highest BCUT2D eigenvalue weighted by atomic mass is 35.5. The van der Waals surface area contributed by atoms with Gasteiger partial charge in [0.1, 0.15) is 5.75 Å². The quantitative estimate of drug-likeness (QED) is 0.298. The summed E-state index contributed by atoms with van der Waals surface area (Å²) in [7, 11) is 0. The van der Waals surface area contributed by atoms with Crippen LogP contribution in [0.3, 0.4) is 0 Å². The Morgan fingerprint density at radius 2 is 1.57 bits per heavy atom. The molecule has 0 fully saturated rings. The number of nitrogens with one attached hydrogen (secondary N) is 1. The number of esters is 1. The average molecular weight is 393 g/mol. The van der Waals surface area contributed by atoms with Gasteiger partial charge in [-0.15, -0.1) is 0 Å². The smallest absolute Gasteiger partial charge is 0.343 e. The third-order valence-electron chi connectivity index (χ3n) is 3.89. The van der Waals surface area contributed by atoms with E-state index < -0.39 is 5.97 Å². The number of para-hydroxylation sites is 1. The maximum absolute atomic E-state index is 12.3. The molecular weight excluding hydrogens is 376 g/mol. The van der Waals surface area contributed by atoms with Crippen LogP contribution in [0.25, 0.3) is 0 Å². The van der Waals surface area contributed by atoms with E-state index in [1.54, 1.807) is 60.7 Å². The molecule has 3 rings (SSSR count). The van der Waals surface area contributed by atoms with Gasteiger partial charge in [-0.25, -0.2) is 10.2 Å². The normalized spacial score (nSPS) is 10.6. The van der Waals surface area contributed by atoms with Gasteiger partial charge in [-0.2, -0.15) is 5.10 Å². The van der Waals surface area contributed by atoms with Crippen LogP contribution in [0, 0.1) is 6.92 Å². The van der Waals surface area contributed by atoms with Crippen LogP contribution in [0.4, 0.5) is 0 Å². The van der Waals surface area contributed by atoms with Gasteiger partial charge in [-0.05, 0) is 55.5 Å². The predicted molar refractivity (Wildman–Crippen MR) is 109 cm³/mol. The molecule has 5 nitrogen and oxygen atoms in total. The third-order valence-corrected chi connectivity index (χ3v) is 4.14. The Labute approximate surface area is 167 Å². The summed E-state index contributed by atoms with van der Waals surface area (Å²) in [6.07, 6.45) is 1.42. The number of halogens is 1. The fraction of sp³-hybridized carbons (Fsp3) is 0.0455. The number of carbonyl (C=O) groups is 2. The lowest BCUT2D eigenvalue weighted by Crippen LogP contribution is -2.17. The Morgan fingerprint density at radius 3 is 2.29 bits per heavy atom. The Balaban J connectivity index is 1.68. The number of hydrazone groups is 1. The van der Waals surface area contributed by atoms with E-state index in [-0.39, 0.29) is 5.91 Å². The first-order chi connectivity index (χ1) is 13.5. The van der Waals surface area contributed by atoms with Crippen LogP contribution < -0.4 is 10.2 Å². The lowest BCUT2D eigenvalue weighted by atomic mass is 10.1. The zero-order chi connectivity index (χ0) is 19.9. The first kappa shape index (κ1) is 19.3. The Kier molecular flexibility index (Phi) is 6.19. The standard InChI is InChI=1S/C22H17ClN2O3/c1-15-6-8-17(9-7-15)22(27)28-20-5-3-2-4-18(20)14-24-25-21(26)16-10-12-19(23)13-11-16/h2-14H,1H3,(H,25,26)/b24-14-. The highest BCUT2D eigenvalue weighted by Crippen LogP contribution is 2.18. The van der Waals surface area contributed by atoms with E-state index in [0.717, 1.165) is 5.56 Å². The molecule has 0 aromatic heterocycles. The highest BCUT2D eigenvalue weighted by Gasteiger charge is 2.11. The fourth-order valence-corrected chi connectivity index (χ4v) is 2.48. The molecule has 0 bridgehead atoms. The number of amides is 1. The summed E-state index contributed by atoms with van der Waals surface area (Å²) in [6, 6.07) is 20.5. The number of ether oxygens (including phenoxy) is 1. The second kappa shape index (κ2) is 8.97. The van der Waals surface area contributed by atoms with E-state index in [2.05, 4.69) is 10.5 Å². The van der Waals surface area contributed by atoms with Crippen molar-refractivity contribution in [1.82, 2.24) is 5.43 Å². The summed E-state index contributed by atoms with van der Waals surface area (Å²) < 4.78 is 5.47. The molecule has 0 radical (unpaired) electrons. The first-order valence-electron chi connectivity index (χ1n) is 8.50. The predicted octanol–water partition coefficient (Wildman–Crippen LogP) is 4.63. The van der Waals surface area contributed by atoms with Crippen molar-refractivity contribution < 1.29 is 14.3 Å². The molecule has 0 heterocycles. The molecule has 0 aliphatic carbocycles. The second-order valence-corrected chi connectivity index (χ2v) is 6.44. The molecule has 0 atom stereocenters. The Bertz CT molecular complexity index is 1010. The fourth-order valence-electron chi connectivity index (χ4n) is 2.35. The summed E-state index contributed by atoms with van der Waals surface area (Å²) in [4.78, 5) is 24.4. The van der Waals surface area contributed by atoms with Gasteiger partial charge in [-0.1, -0.05) is 41.4 Å². The molecule has 1 amide bonds. The van der Waals surface area contributed by atoms with Crippen LogP contribution in [0.5, 0.6) is 5.75 Å². The number of hydrogen-bond acceptors (Lipinski definition) is 4. The van der Waals surface area contributed by atoms with Gasteiger partial charge in [0.2, 0.25) is 0 Å². The van der Waals surface area contributed by atoms with Crippen molar-refractivity contribution in [3.05, 3.63) is 100 Å². The van der Waals surface area contributed by atoms with Crippen LogP contribution in [0.2, 0.25) is 5.02 Å². The topological polar surface area (TPSA) is 67.8 Å². The molecule has 140 valence electrons. The second-order valence-electron chi connectivity index (χ2n) is 6.00. The summed E-state index contributed by atoms with van der Waals surface area (Å²) >= 11 is 5.81. The number of rotatable bonds is 5. The summed E-state index contributed by atoms with van der Waals surface area (Å²) in [5.41, 5.74) is 4.93. The third kappa shape index (κ3) is 5.05. The van der Waals surface area contributed by atoms with Crippen LogP contribution in [0.15, 0.2) is 77.9 Å². The van der Waals surface area contributed by atoms with Gasteiger partial charge in [0, 0.05) is 16.1 Å². The van der Waals surface area contributed by atoms with Gasteiger partial charge in [0.05, 0.1) is 11.8 Å². The Morgan fingerprint density at radius 1 is 0.929 bits per heavy atom. The van der Waals surface area contributed by atoms with Crippen LogP contribution in [0.1, 0.15) is 31.8 Å². The van der Waals surface area contributed by atoms with E-state index in [0.29, 0.717) is 27.5 Å². The zero-order valence-electron chi connectivity index (χ0n) is 15.1. The molecule has 0 saturated heterocycles. The van der Waals surface area contributed by atoms with Crippen molar-refractivity contribution in [2.24, 2.45) is 5.10 Å². The van der Waals surface area contributed by atoms with Gasteiger partial charge in [0.25, 0.3) is 5.91 Å². The number of nitrogens with zero attached hydrogens (tertiary/aromatic N) is 1. The molecule has 3 aromatic rings. The van der Waals surface area contributed by atoms with Crippen molar-refractivity contribution in [1.29, 1.82) is 0 Å². The minimum absolute atomic E-state index is 0.345. The van der Waals surface area contributed by atoms with Crippen LogP contribution in [-0.2, 0) is 0 Å². The Hall–Kier alpha value is -3.44. The van der Waals surface area contributed by atoms with Crippen molar-refractivity contribution in [3.8, 4) is 5.75 Å². The maximum Gasteiger partial charge on any atom is 0.343 e. The SMILES string of the molecule is Cc1ccc(C(=O)Oc2ccccc2/C=N\NC(=O)c2ccc(Cl)cc2)cc1. The highest BCUT2D eigenvalue weighted by molar-refractivity contribution is 6.30. The molecule has 0 saturated carbocycles. The van der Waals surface area contributed by atoms with E-state index in [4.69, 9.17) is 16.3 Å². The largest absolute Gasteiger partial charge is 0.422 e. The lowest BCUT2D eigenvalue weighted by Gasteiger charge is -2.07. The van der Waals surface area contributed by atoms with Crippen molar-refractivity contribution in [3.63, 3.8) is 0 Å². The first-order valence-corrected chi connectivity index (χ1v) is 8.87. The van der Waals surface area contributed by atoms with E-state index in [9.17, 15) is 9.59 Å². The molecule has 0 aliphatic heterocycles. The van der Waals surface area contributed by atoms with E-state index >= 15 is 0 Å². The molecule has 1 N–H and O–H groups in total. The van der Waals surface area contributed by atoms with E-state index in [1.165, 1.54) is 6.21 Å². The molecule has 0 unspecified atom stereocenters. The number of carbonyl (C=O) groups excluding carboxylic acids is 2. The monoisotopic (exact) mass is 392 g/mol. The molecule has 0 aliphatic rings. The summed E-state index contributed by atoms with van der Waals surface area (Å²) in [5.74, 6) is -0.495. The van der Waals surface area contributed by atoms with Gasteiger partial charge in [-0.3, -0.25) is 4.79 Å². The summed E-state index contributed by atoms with van der Waals surface area (Å²) in [5, 5.41) is 4.49. The van der Waals surface area contributed by atoms with E-state index in [1.807, 2.05) is 19.1 Å².